The molecule has 1 saturated heterocycles. The highest BCUT2D eigenvalue weighted by atomic mass is 79.9. The summed E-state index contributed by atoms with van der Waals surface area (Å²) in [5, 5.41) is 0. The smallest absolute Gasteiger partial charge is 0.228 e. The lowest BCUT2D eigenvalue weighted by molar-refractivity contribution is 0.541. The van der Waals surface area contributed by atoms with E-state index in [2.05, 4.69) is 74.6 Å². The van der Waals surface area contributed by atoms with E-state index < -0.39 is 0 Å². The molecule has 8 heteroatoms. The Morgan fingerprint density at radius 1 is 1.03 bits per heavy atom. The van der Waals surface area contributed by atoms with E-state index in [0.29, 0.717) is 5.95 Å². The zero-order valence-electron chi connectivity index (χ0n) is 19.6. The number of nitrogens with zero attached hydrogens (tertiary/aromatic N) is 6. The lowest BCUT2D eigenvalue weighted by atomic mass is 10.1. The number of piperazine rings is 1. The Labute approximate surface area is 208 Å². The van der Waals surface area contributed by atoms with Crippen molar-refractivity contribution >= 4 is 33.5 Å². The van der Waals surface area contributed by atoms with Gasteiger partial charge in [0.25, 0.3) is 0 Å². The summed E-state index contributed by atoms with van der Waals surface area (Å²) in [6, 6.07) is 11.1. The van der Waals surface area contributed by atoms with E-state index in [4.69, 9.17) is 9.97 Å². The molecule has 0 spiro atoms. The molecule has 1 fully saturated rings. The molecule has 0 aliphatic carbocycles. The standard InChI is InChI=1S/C26H28BrFN6/c1-17-13-21(27)15-29-25(17)32-11-12-33(19(3)16-32)24-14-23(20-6-8-22(28)9-7-20)30-26(31-24)34-10-4-5-18(34)2/h4-9,13-15,18-19H,10-12,16H2,1-3H3/t18-,19-/m1/s1. The van der Waals surface area contributed by atoms with Gasteiger partial charge in [-0.05, 0) is 72.6 Å². The number of halogens is 2. The van der Waals surface area contributed by atoms with E-state index >= 15 is 0 Å². The lowest BCUT2D eigenvalue weighted by Crippen LogP contribution is -2.53. The largest absolute Gasteiger partial charge is 0.353 e. The maximum absolute atomic E-state index is 13.6. The highest BCUT2D eigenvalue weighted by Crippen LogP contribution is 2.30. The van der Waals surface area contributed by atoms with Crippen LogP contribution in [0, 0.1) is 12.7 Å². The van der Waals surface area contributed by atoms with Crippen molar-refractivity contribution in [2.75, 3.05) is 40.9 Å². The van der Waals surface area contributed by atoms with Crippen LogP contribution in [0.15, 0.2) is 59.2 Å². The minimum absolute atomic E-state index is 0.233. The Kier molecular flexibility index (Phi) is 6.25. The fourth-order valence-electron chi connectivity index (χ4n) is 4.73. The number of benzene rings is 1. The van der Waals surface area contributed by atoms with E-state index in [1.165, 1.54) is 12.1 Å². The molecular weight excluding hydrogens is 495 g/mol. The maximum Gasteiger partial charge on any atom is 0.228 e. The summed E-state index contributed by atoms with van der Waals surface area (Å²) >= 11 is 3.51. The van der Waals surface area contributed by atoms with Crippen molar-refractivity contribution in [3.8, 4) is 11.3 Å². The van der Waals surface area contributed by atoms with Crippen molar-refractivity contribution < 1.29 is 4.39 Å². The number of rotatable bonds is 4. The molecule has 6 nitrogen and oxygen atoms in total. The van der Waals surface area contributed by atoms with Crippen LogP contribution in [0.4, 0.5) is 22.0 Å². The molecular formula is C26H28BrFN6. The van der Waals surface area contributed by atoms with E-state index in [0.717, 1.165) is 59.1 Å². The fraction of sp³-hybridized carbons (Fsp3) is 0.346. The van der Waals surface area contributed by atoms with Gasteiger partial charge in [0, 0.05) is 60.6 Å². The molecule has 2 aromatic heterocycles. The van der Waals surface area contributed by atoms with Crippen LogP contribution in [0.1, 0.15) is 19.4 Å². The Balaban J connectivity index is 1.46. The summed E-state index contributed by atoms with van der Waals surface area (Å²) in [4.78, 5) is 21.4. The molecule has 3 aromatic rings. The highest BCUT2D eigenvalue weighted by molar-refractivity contribution is 9.10. The normalized spacial score (nSPS) is 20.3. The average molecular weight is 523 g/mol. The van der Waals surface area contributed by atoms with Crippen LogP contribution in [-0.4, -0.2) is 53.2 Å². The molecule has 0 bridgehead atoms. The van der Waals surface area contributed by atoms with Gasteiger partial charge in [-0.15, -0.1) is 0 Å². The third kappa shape index (κ3) is 4.51. The summed E-state index contributed by atoms with van der Waals surface area (Å²) in [5.41, 5.74) is 2.85. The maximum atomic E-state index is 13.6. The molecule has 176 valence electrons. The zero-order valence-corrected chi connectivity index (χ0v) is 21.2. The second kappa shape index (κ2) is 9.33. The van der Waals surface area contributed by atoms with Crippen molar-refractivity contribution in [1.29, 1.82) is 0 Å². The molecule has 2 aliphatic rings. The number of aryl methyl sites for hydroxylation is 1. The SMILES string of the molecule is Cc1cc(Br)cnc1N1CCN(c2cc(-c3ccc(F)cc3)nc(N3CC=C[C@H]3C)n2)[C@H](C)C1. The molecule has 4 heterocycles. The summed E-state index contributed by atoms with van der Waals surface area (Å²) in [6.07, 6.45) is 6.17. The number of hydrogen-bond acceptors (Lipinski definition) is 6. The molecule has 0 N–H and O–H groups in total. The van der Waals surface area contributed by atoms with Crippen LogP contribution < -0.4 is 14.7 Å². The summed E-state index contributed by atoms with van der Waals surface area (Å²) < 4.78 is 14.6. The van der Waals surface area contributed by atoms with Crippen LogP contribution in [0.5, 0.6) is 0 Å². The average Bonchev–Trinajstić information content (AvgIpc) is 3.25. The quantitative estimate of drug-likeness (QED) is 0.437. The van der Waals surface area contributed by atoms with Gasteiger partial charge in [0.2, 0.25) is 5.95 Å². The predicted molar refractivity (Wildman–Crippen MR) is 139 cm³/mol. The number of hydrogen-bond donors (Lipinski definition) is 0. The lowest BCUT2D eigenvalue weighted by Gasteiger charge is -2.41. The third-order valence-corrected chi connectivity index (χ3v) is 6.98. The van der Waals surface area contributed by atoms with Gasteiger partial charge in [-0.1, -0.05) is 12.2 Å². The van der Waals surface area contributed by atoms with Crippen LogP contribution in [0.2, 0.25) is 0 Å². The summed E-state index contributed by atoms with van der Waals surface area (Å²) in [5.74, 6) is 2.38. The fourth-order valence-corrected chi connectivity index (χ4v) is 5.17. The van der Waals surface area contributed by atoms with Crippen LogP contribution in [0.3, 0.4) is 0 Å². The predicted octanol–water partition coefficient (Wildman–Crippen LogP) is 5.23. The van der Waals surface area contributed by atoms with Gasteiger partial charge < -0.3 is 14.7 Å². The van der Waals surface area contributed by atoms with Crippen molar-refractivity contribution in [3.63, 3.8) is 0 Å². The number of aromatic nitrogens is 3. The first-order valence-corrected chi connectivity index (χ1v) is 12.4. The number of pyridine rings is 1. The van der Waals surface area contributed by atoms with E-state index in [1.54, 1.807) is 12.1 Å². The second-order valence-electron chi connectivity index (χ2n) is 9.02. The Bertz CT molecular complexity index is 1210. The molecule has 2 atom stereocenters. The van der Waals surface area contributed by atoms with Gasteiger partial charge in [0.15, 0.2) is 0 Å². The zero-order chi connectivity index (χ0) is 23.8. The topological polar surface area (TPSA) is 48.4 Å². The molecule has 1 aromatic carbocycles. The van der Waals surface area contributed by atoms with Gasteiger partial charge in [0.1, 0.15) is 17.5 Å². The summed E-state index contributed by atoms with van der Waals surface area (Å²) in [6.45, 7) is 9.78. The Morgan fingerprint density at radius 3 is 2.50 bits per heavy atom. The monoisotopic (exact) mass is 522 g/mol. The molecule has 0 saturated carbocycles. The van der Waals surface area contributed by atoms with Crippen LogP contribution in [0.25, 0.3) is 11.3 Å². The highest BCUT2D eigenvalue weighted by Gasteiger charge is 2.28. The van der Waals surface area contributed by atoms with Gasteiger partial charge in [-0.2, -0.15) is 4.98 Å². The number of anilines is 3. The van der Waals surface area contributed by atoms with Crippen LogP contribution in [-0.2, 0) is 0 Å². The molecule has 34 heavy (non-hydrogen) atoms. The van der Waals surface area contributed by atoms with E-state index in [9.17, 15) is 4.39 Å². The second-order valence-corrected chi connectivity index (χ2v) is 9.94. The van der Waals surface area contributed by atoms with Crippen molar-refractivity contribution in [1.82, 2.24) is 15.0 Å². The van der Waals surface area contributed by atoms with Gasteiger partial charge in [-0.3, -0.25) is 0 Å². The first-order chi connectivity index (χ1) is 16.4. The van der Waals surface area contributed by atoms with Crippen LogP contribution >= 0.6 is 15.9 Å². The molecule has 2 aliphatic heterocycles. The molecule has 0 radical (unpaired) electrons. The third-order valence-electron chi connectivity index (χ3n) is 6.54. The minimum atomic E-state index is -0.253. The van der Waals surface area contributed by atoms with Gasteiger partial charge in [-0.25, -0.2) is 14.4 Å². The van der Waals surface area contributed by atoms with Gasteiger partial charge in [0.05, 0.1) is 5.69 Å². The van der Waals surface area contributed by atoms with Crippen molar-refractivity contribution in [3.05, 3.63) is 70.6 Å². The summed E-state index contributed by atoms with van der Waals surface area (Å²) in [7, 11) is 0. The van der Waals surface area contributed by atoms with Gasteiger partial charge >= 0.3 is 0 Å². The first kappa shape index (κ1) is 22.8. The Morgan fingerprint density at radius 2 is 1.82 bits per heavy atom. The van der Waals surface area contributed by atoms with E-state index in [1.807, 2.05) is 12.3 Å². The molecule has 0 unspecified atom stereocenters. The van der Waals surface area contributed by atoms with Crippen molar-refractivity contribution in [2.45, 2.75) is 32.9 Å². The molecule has 5 rings (SSSR count). The van der Waals surface area contributed by atoms with E-state index in [-0.39, 0.29) is 17.9 Å². The minimum Gasteiger partial charge on any atom is -0.353 e. The first-order valence-electron chi connectivity index (χ1n) is 11.6. The molecule has 0 amide bonds. The van der Waals surface area contributed by atoms with Crippen molar-refractivity contribution in [2.24, 2.45) is 0 Å². The Hall–Kier alpha value is -3.00.